The van der Waals surface area contributed by atoms with Crippen LogP contribution in [0.15, 0.2) is 43.7 Å². The van der Waals surface area contributed by atoms with Gasteiger partial charge in [-0.15, -0.1) is 0 Å². The fourth-order valence-corrected chi connectivity index (χ4v) is 3.55. The minimum atomic E-state index is -0.485. The highest BCUT2D eigenvalue weighted by Crippen LogP contribution is 2.29. The number of furan rings is 1. The number of aldehydes is 1. The van der Waals surface area contributed by atoms with E-state index >= 15 is 0 Å². The molecule has 0 saturated heterocycles. The molecule has 2 aromatic carbocycles. The molecular weight excluding hydrogens is 536 g/mol. The molecule has 0 aliphatic rings. The number of carbonyl (C=O) groups is 2. The molecule has 1 heterocycles. The van der Waals surface area contributed by atoms with Crippen molar-refractivity contribution in [3.05, 3.63) is 61.7 Å². The lowest BCUT2D eigenvalue weighted by molar-refractivity contribution is 0.0492. The van der Waals surface area contributed by atoms with E-state index in [1.54, 1.807) is 31.2 Å². The van der Waals surface area contributed by atoms with E-state index in [9.17, 15) is 14.7 Å². The van der Waals surface area contributed by atoms with Crippen molar-refractivity contribution in [2.24, 2.45) is 0 Å². The Morgan fingerprint density at radius 1 is 1.03 bits per heavy atom. The van der Waals surface area contributed by atoms with Gasteiger partial charge >= 0.3 is 5.97 Å². The molecule has 1 aromatic heterocycles. The second-order valence-electron chi connectivity index (χ2n) is 5.78. The molecule has 3 N–H and O–H groups in total. The first-order chi connectivity index (χ1) is 13.8. The first-order valence-corrected chi connectivity index (χ1v) is 10.0. The minimum absolute atomic E-state index is 0. The lowest BCUT2D eigenvalue weighted by atomic mass is 10.1. The molecule has 170 valence electrons. The maximum Gasteiger partial charge on any atom is 0.374 e. The van der Waals surface area contributed by atoms with Crippen LogP contribution in [-0.4, -0.2) is 34.2 Å². The van der Waals surface area contributed by atoms with Crippen molar-refractivity contribution < 1.29 is 34.1 Å². The second kappa shape index (κ2) is 13.3. The number of phenolic OH excluding ortho intramolecular Hbond substituents is 1. The van der Waals surface area contributed by atoms with Crippen LogP contribution in [0.1, 0.15) is 53.8 Å². The van der Waals surface area contributed by atoms with Gasteiger partial charge < -0.3 is 24.5 Å². The summed E-state index contributed by atoms with van der Waals surface area (Å²) in [6.07, 6.45) is 0.541. The smallest absolute Gasteiger partial charge is 0.374 e. The Morgan fingerprint density at radius 2 is 1.61 bits per heavy atom. The van der Waals surface area contributed by atoms with E-state index in [4.69, 9.17) is 19.4 Å². The Hall–Kier alpha value is -2.20. The summed E-state index contributed by atoms with van der Waals surface area (Å²) in [6.45, 7) is 1.83. The highest BCUT2D eigenvalue weighted by Gasteiger charge is 2.15. The third-order valence-electron chi connectivity index (χ3n) is 3.75. The van der Waals surface area contributed by atoms with Crippen molar-refractivity contribution in [3.8, 4) is 5.75 Å². The molecule has 9 heteroatoms. The Kier molecular flexibility index (Phi) is 12.3. The van der Waals surface area contributed by atoms with E-state index in [1.807, 2.05) is 0 Å². The quantitative estimate of drug-likeness (QED) is 0.274. The molecule has 0 spiro atoms. The Bertz CT molecular complexity index is 1030. The number of benzene rings is 2. The molecule has 0 bridgehead atoms. The van der Waals surface area contributed by atoms with Gasteiger partial charge in [0.05, 0.1) is 34.3 Å². The van der Waals surface area contributed by atoms with Crippen LogP contribution in [0.4, 0.5) is 0 Å². The van der Waals surface area contributed by atoms with E-state index in [2.05, 4.69) is 31.9 Å². The molecule has 0 atom stereocenters. The zero-order valence-corrected chi connectivity index (χ0v) is 18.5. The van der Waals surface area contributed by atoms with Gasteiger partial charge in [0.25, 0.3) is 0 Å². The first kappa shape index (κ1) is 28.8. The summed E-state index contributed by atoms with van der Waals surface area (Å²) in [4.78, 5) is 21.9. The average Bonchev–Trinajstić information content (AvgIpc) is 3.15. The molecule has 0 radical (unpaired) electrons. The highest BCUT2D eigenvalue weighted by atomic mass is 79.9. The first-order valence-electron chi connectivity index (χ1n) is 8.41. The van der Waals surface area contributed by atoms with Crippen molar-refractivity contribution in [1.82, 2.24) is 0 Å². The number of aliphatic hydroxyl groups is 2. The molecule has 0 aliphatic heterocycles. The Balaban J connectivity index is 0.000000575. The molecule has 0 unspecified atom stereocenters. The van der Waals surface area contributed by atoms with E-state index in [1.165, 1.54) is 6.07 Å². The number of esters is 1. The van der Waals surface area contributed by atoms with Gasteiger partial charge in [-0.05, 0) is 80.2 Å². The second-order valence-corrected chi connectivity index (χ2v) is 7.49. The van der Waals surface area contributed by atoms with Gasteiger partial charge in [0.2, 0.25) is 5.76 Å². The van der Waals surface area contributed by atoms with Crippen molar-refractivity contribution in [2.75, 3.05) is 6.61 Å². The van der Waals surface area contributed by atoms with Gasteiger partial charge in [0.1, 0.15) is 11.3 Å². The van der Waals surface area contributed by atoms with Crippen LogP contribution in [0, 0.1) is 0 Å². The van der Waals surface area contributed by atoms with Gasteiger partial charge in [0, 0.05) is 5.39 Å². The van der Waals surface area contributed by atoms with E-state index in [-0.39, 0.29) is 45.1 Å². The minimum Gasteiger partial charge on any atom is -0.506 e. The summed E-state index contributed by atoms with van der Waals surface area (Å²) in [5, 5.41) is 27.8. The fraction of sp³-hybridized carbons (Fsp3) is 0.273. The summed E-state index contributed by atoms with van der Waals surface area (Å²) in [5.41, 5.74) is 2.08. The molecule has 0 fully saturated rings. The maximum absolute atomic E-state index is 11.5. The fourth-order valence-electron chi connectivity index (χ4n) is 2.42. The molecule has 3 rings (SSSR count). The van der Waals surface area contributed by atoms with Crippen LogP contribution >= 0.6 is 31.9 Å². The van der Waals surface area contributed by atoms with Gasteiger partial charge in [-0.1, -0.05) is 14.9 Å². The van der Waals surface area contributed by atoms with Crippen molar-refractivity contribution in [3.63, 3.8) is 0 Å². The SMILES string of the molecule is C.C.CCOC(=O)c1cc2cc(CO)cc(Br)c2o1.O=Cc1cc(CO)cc(Br)c1O. The van der Waals surface area contributed by atoms with Crippen molar-refractivity contribution in [2.45, 2.75) is 35.0 Å². The zero-order chi connectivity index (χ0) is 21.6. The number of halogens is 2. The zero-order valence-electron chi connectivity index (χ0n) is 15.3. The largest absolute Gasteiger partial charge is 0.506 e. The number of hydrogen-bond donors (Lipinski definition) is 3. The van der Waals surface area contributed by atoms with E-state index in [0.29, 0.717) is 33.0 Å². The summed E-state index contributed by atoms with van der Waals surface area (Å²) in [6, 6.07) is 8.12. The third kappa shape index (κ3) is 7.17. The van der Waals surface area contributed by atoms with Gasteiger partial charge in [-0.3, -0.25) is 4.79 Å². The average molecular weight is 562 g/mol. The number of ether oxygens (including phenoxy) is 1. The van der Waals surface area contributed by atoms with E-state index in [0.717, 1.165) is 10.9 Å². The predicted molar refractivity (Wildman–Crippen MR) is 126 cm³/mol. The summed E-state index contributed by atoms with van der Waals surface area (Å²) < 4.78 is 11.4. The van der Waals surface area contributed by atoms with Crippen LogP contribution in [-0.2, 0) is 18.0 Å². The van der Waals surface area contributed by atoms with Crippen LogP contribution < -0.4 is 0 Å². The number of hydrogen-bond acceptors (Lipinski definition) is 7. The molecule has 0 aliphatic carbocycles. The Labute approximate surface area is 197 Å². The third-order valence-corrected chi connectivity index (χ3v) is 4.95. The van der Waals surface area contributed by atoms with Gasteiger partial charge in [0.15, 0.2) is 6.29 Å². The lowest BCUT2D eigenvalue weighted by Crippen LogP contribution is -2.02. The van der Waals surface area contributed by atoms with Gasteiger partial charge in [-0.2, -0.15) is 0 Å². The van der Waals surface area contributed by atoms with Crippen LogP contribution in [0.25, 0.3) is 11.0 Å². The molecule has 7 nitrogen and oxygen atoms in total. The number of aliphatic hydroxyl groups excluding tert-OH is 2. The molecule has 0 amide bonds. The Morgan fingerprint density at radius 3 is 2.16 bits per heavy atom. The summed E-state index contributed by atoms with van der Waals surface area (Å²) >= 11 is 6.39. The number of phenols is 1. The van der Waals surface area contributed by atoms with Gasteiger partial charge in [-0.25, -0.2) is 4.79 Å². The standard InChI is InChI=1S/C12H11BrO4.C8H7BrO3.2CH4/c1-2-16-12(15)10-5-8-3-7(6-14)4-9(13)11(8)17-10;9-7-2-5(3-10)1-6(4-11)8(7)12;;/h3-5,14H,2,6H2,1H3;1-2,4,10,12H,3H2;2*1H4. The summed E-state index contributed by atoms with van der Waals surface area (Å²) in [7, 11) is 0. The summed E-state index contributed by atoms with van der Waals surface area (Å²) in [5.74, 6) is -0.416. The van der Waals surface area contributed by atoms with Crippen LogP contribution in [0.5, 0.6) is 5.75 Å². The molecule has 0 saturated carbocycles. The van der Waals surface area contributed by atoms with Crippen LogP contribution in [0.2, 0.25) is 0 Å². The number of carbonyl (C=O) groups excluding carboxylic acids is 2. The number of fused-ring (bicyclic) bond motifs is 1. The molecular formula is C22H26Br2O7. The monoisotopic (exact) mass is 560 g/mol. The van der Waals surface area contributed by atoms with Crippen LogP contribution in [0.3, 0.4) is 0 Å². The maximum atomic E-state index is 11.5. The highest BCUT2D eigenvalue weighted by molar-refractivity contribution is 9.11. The van der Waals surface area contributed by atoms with E-state index < -0.39 is 5.97 Å². The van der Waals surface area contributed by atoms with Crippen molar-refractivity contribution >= 4 is 55.1 Å². The molecule has 3 aromatic rings. The number of aromatic hydroxyl groups is 1. The predicted octanol–water partition coefficient (Wildman–Crippen LogP) is 5.60. The van der Waals surface area contributed by atoms with Crippen molar-refractivity contribution in [1.29, 1.82) is 0 Å². The number of rotatable bonds is 5. The topological polar surface area (TPSA) is 117 Å². The normalized spacial score (nSPS) is 9.71. The molecule has 31 heavy (non-hydrogen) atoms. The lowest BCUT2D eigenvalue weighted by Gasteiger charge is -2.02.